The van der Waals surface area contributed by atoms with Crippen LogP contribution in [0.2, 0.25) is 10.0 Å². The first kappa shape index (κ1) is 15.3. The number of halogens is 2. The molecule has 0 saturated carbocycles. The molecule has 2 aromatic rings. The molecule has 1 N–H and O–H groups in total. The maximum atomic E-state index is 9.04. The summed E-state index contributed by atoms with van der Waals surface area (Å²) < 4.78 is 5.89. The van der Waals surface area contributed by atoms with E-state index in [4.69, 9.17) is 33.0 Å². The molecule has 2 nitrogen and oxygen atoms in total. The molecule has 0 bridgehead atoms. The first-order valence-corrected chi connectivity index (χ1v) is 7.09. The molecule has 0 radical (unpaired) electrons. The lowest BCUT2D eigenvalue weighted by molar-refractivity contribution is -0.0213. The summed E-state index contributed by atoms with van der Waals surface area (Å²) in [6, 6.07) is 15.0. The van der Waals surface area contributed by atoms with Crippen molar-refractivity contribution in [1.82, 2.24) is 0 Å². The van der Waals surface area contributed by atoms with Gasteiger partial charge in [-0.1, -0.05) is 47.5 Å². The lowest BCUT2D eigenvalue weighted by atomic mass is 9.88. The highest BCUT2D eigenvalue weighted by Gasteiger charge is 2.29. The highest BCUT2D eigenvalue weighted by molar-refractivity contribution is 6.30. The molecule has 0 aromatic heterocycles. The maximum absolute atomic E-state index is 9.04. The van der Waals surface area contributed by atoms with Crippen LogP contribution in [0.5, 0.6) is 0 Å². The van der Waals surface area contributed by atoms with E-state index in [1.54, 1.807) is 0 Å². The topological polar surface area (TPSA) is 29.5 Å². The molecule has 4 heteroatoms. The van der Waals surface area contributed by atoms with E-state index in [9.17, 15) is 0 Å². The first-order valence-electron chi connectivity index (χ1n) is 6.33. The summed E-state index contributed by atoms with van der Waals surface area (Å²) in [6.45, 7) is 2.19. The second kappa shape index (κ2) is 6.59. The highest BCUT2D eigenvalue weighted by atomic mass is 35.5. The number of benzene rings is 2. The summed E-state index contributed by atoms with van der Waals surface area (Å²) in [5.41, 5.74) is 1.29. The molecule has 2 rings (SSSR count). The summed E-state index contributed by atoms with van der Waals surface area (Å²) in [6.07, 6.45) is 0. The molecule has 0 spiro atoms. The molecule has 0 amide bonds. The van der Waals surface area contributed by atoms with Gasteiger partial charge in [0, 0.05) is 10.0 Å². The van der Waals surface area contributed by atoms with Gasteiger partial charge in [-0.05, 0) is 42.3 Å². The fourth-order valence-electron chi connectivity index (χ4n) is 2.12. The predicted molar refractivity (Wildman–Crippen MR) is 82.4 cm³/mol. The van der Waals surface area contributed by atoms with Gasteiger partial charge in [-0.3, -0.25) is 0 Å². The molecule has 0 saturated heterocycles. The van der Waals surface area contributed by atoms with Crippen LogP contribution in [0.1, 0.15) is 18.1 Å². The monoisotopic (exact) mass is 310 g/mol. The number of ether oxygens (including phenoxy) is 1. The van der Waals surface area contributed by atoms with Gasteiger partial charge in [0.2, 0.25) is 0 Å². The first-order chi connectivity index (χ1) is 9.56. The van der Waals surface area contributed by atoms with Crippen molar-refractivity contribution >= 4 is 23.2 Å². The molecule has 0 heterocycles. The lowest BCUT2D eigenvalue weighted by Gasteiger charge is -2.31. The molecule has 20 heavy (non-hydrogen) atoms. The minimum Gasteiger partial charge on any atom is -0.394 e. The number of rotatable bonds is 5. The zero-order valence-electron chi connectivity index (χ0n) is 11.1. The molecular weight excluding hydrogens is 295 g/mol. The van der Waals surface area contributed by atoms with E-state index in [0.29, 0.717) is 10.0 Å². The number of aliphatic hydroxyl groups is 1. The third kappa shape index (κ3) is 3.33. The van der Waals surface area contributed by atoms with E-state index in [1.807, 2.05) is 55.5 Å². The molecule has 0 aliphatic heterocycles. The van der Waals surface area contributed by atoms with Crippen LogP contribution in [-0.4, -0.2) is 18.3 Å². The van der Waals surface area contributed by atoms with Crippen LogP contribution in [0.25, 0.3) is 0 Å². The van der Waals surface area contributed by atoms with E-state index >= 15 is 0 Å². The Morgan fingerprint density at radius 1 is 0.900 bits per heavy atom. The van der Waals surface area contributed by atoms with E-state index in [2.05, 4.69) is 0 Å². The molecule has 0 fully saturated rings. The van der Waals surface area contributed by atoms with Crippen molar-refractivity contribution in [3.8, 4) is 0 Å². The molecule has 0 aliphatic carbocycles. The van der Waals surface area contributed by atoms with Gasteiger partial charge in [0.15, 0.2) is 0 Å². The Bertz CT molecular complexity index is 504. The van der Waals surface area contributed by atoms with Gasteiger partial charge in [0.05, 0.1) is 13.2 Å². The van der Waals surface area contributed by atoms with Crippen molar-refractivity contribution in [1.29, 1.82) is 0 Å². The van der Waals surface area contributed by atoms with Crippen LogP contribution in [0.4, 0.5) is 0 Å². The summed E-state index contributed by atoms with van der Waals surface area (Å²) >= 11 is 11.9. The van der Waals surface area contributed by atoms with E-state index in [0.717, 1.165) is 11.1 Å². The lowest BCUT2D eigenvalue weighted by Crippen LogP contribution is -2.28. The molecule has 0 unspecified atom stereocenters. The third-order valence-corrected chi connectivity index (χ3v) is 3.78. The molecule has 0 aliphatic rings. The molecule has 0 atom stereocenters. The second-order valence-corrected chi connectivity index (χ2v) is 5.49. The number of hydrogen-bond donors (Lipinski definition) is 1. The van der Waals surface area contributed by atoms with Crippen molar-refractivity contribution in [2.24, 2.45) is 0 Å². The van der Waals surface area contributed by atoms with Crippen LogP contribution in [0.15, 0.2) is 48.5 Å². The van der Waals surface area contributed by atoms with Crippen molar-refractivity contribution in [3.05, 3.63) is 69.7 Å². The van der Waals surface area contributed by atoms with Crippen LogP contribution in [0, 0.1) is 0 Å². The largest absolute Gasteiger partial charge is 0.394 e. The van der Waals surface area contributed by atoms with Crippen molar-refractivity contribution in [2.75, 3.05) is 13.2 Å². The fourth-order valence-corrected chi connectivity index (χ4v) is 2.37. The van der Waals surface area contributed by atoms with Gasteiger partial charge in [-0.15, -0.1) is 0 Å². The van der Waals surface area contributed by atoms with Crippen molar-refractivity contribution < 1.29 is 9.84 Å². The predicted octanol–water partition coefficient (Wildman–Crippen LogP) is 4.27. The van der Waals surface area contributed by atoms with Gasteiger partial charge in [-0.25, -0.2) is 0 Å². The number of aliphatic hydroxyl groups excluding tert-OH is 1. The average molecular weight is 311 g/mol. The smallest absolute Gasteiger partial charge is 0.115 e. The number of hydrogen-bond acceptors (Lipinski definition) is 2. The zero-order valence-corrected chi connectivity index (χ0v) is 12.7. The van der Waals surface area contributed by atoms with Gasteiger partial charge in [0.25, 0.3) is 0 Å². The zero-order chi connectivity index (χ0) is 14.6. The highest BCUT2D eigenvalue weighted by Crippen LogP contribution is 2.34. The van der Waals surface area contributed by atoms with Crippen LogP contribution < -0.4 is 0 Å². The third-order valence-electron chi connectivity index (χ3n) is 3.27. The minimum absolute atomic E-state index is 0.0310. The fraction of sp³-hybridized carbons (Fsp3) is 0.250. The minimum atomic E-state index is -0.655. The Kier molecular flexibility index (Phi) is 5.06. The molecule has 2 aromatic carbocycles. The van der Waals surface area contributed by atoms with Gasteiger partial charge < -0.3 is 9.84 Å². The second-order valence-electron chi connectivity index (χ2n) is 4.62. The Morgan fingerprint density at radius 2 is 1.30 bits per heavy atom. The summed E-state index contributed by atoms with van der Waals surface area (Å²) in [7, 11) is 0. The van der Waals surface area contributed by atoms with Gasteiger partial charge >= 0.3 is 0 Å². The summed E-state index contributed by atoms with van der Waals surface area (Å²) in [4.78, 5) is 0. The standard InChI is InChI=1S/C16H16Cl2O2/c1-16(20-11-10-19,12-2-6-14(17)7-3-12)13-4-8-15(18)9-5-13/h2-9,19H,10-11H2,1H3. The summed E-state index contributed by atoms with van der Waals surface area (Å²) in [5.74, 6) is 0. The Balaban J connectivity index is 2.43. The van der Waals surface area contributed by atoms with Crippen molar-refractivity contribution in [2.45, 2.75) is 12.5 Å². The summed E-state index contributed by atoms with van der Waals surface area (Å²) in [5, 5.41) is 10.4. The van der Waals surface area contributed by atoms with Crippen molar-refractivity contribution in [3.63, 3.8) is 0 Å². The molecular formula is C16H16Cl2O2. The molecule has 106 valence electrons. The Morgan fingerprint density at radius 3 is 1.65 bits per heavy atom. The Hall–Kier alpha value is -1.06. The van der Waals surface area contributed by atoms with Gasteiger partial charge in [-0.2, -0.15) is 0 Å². The SMILES string of the molecule is CC(OCCO)(c1ccc(Cl)cc1)c1ccc(Cl)cc1. The normalized spacial score (nSPS) is 11.6. The quantitative estimate of drug-likeness (QED) is 0.894. The van der Waals surface area contributed by atoms with Gasteiger partial charge in [0.1, 0.15) is 5.60 Å². The van der Waals surface area contributed by atoms with E-state index in [1.165, 1.54) is 0 Å². The van der Waals surface area contributed by atoms with Crippen LogP contribution >= 0.6 is 23.2 Å². The van der Waals surface area contributed by atoms with E-state index in [-0.39, 0.29) is 13.2 Å². The van der Waals surface area contributed by atoms with E-state index < -0.39 is 5.60 Å². The average Bonchev–Trinajstić information content (AvgIpc) is 2.46. The maximum Gasteiger partial charge on any atom is 0.115 e. The van der Waals surface area contributed by atoms with Crippen LogP contribution in [-0.2, 0) is 10.3 Å². The Labute approximate surface area is 128 Å². The van der Waals surface area contributed by atoms with Crippen LogP contribution in [0.3, 0.4) is 0 Å².